The second-order valence-electron chi connectivity index (χ2n) is 6.49. The van der Waals surface area contributed by atoms with Gasteiger partial charge in [-0.1, -0.05) is 25.1 Å². The topological polar surface area (TPSA) is 54.3 Å². The van der Waals surface area contributed by atoms with E-state index in [-0.39, 0.29) is 18.0 Å². The standard InChI is InChI=1S/C19H25N3O2/c1-3-21-10-6-8-16(21)12-20-18(23)13-22-14(2)11-15-7-4-5-9-17(15)19(22)24/h4-5,7,9,11,16H,3,6,8,10,12-13H2,1-2H3,(H,20,23). The van der Waals surface area contributed by atoms with Gasteiger partial charge in [0.05, 0.1) is 0 Å². The SMILES string of the molecule is CCN1CCCC1CNC(=O)Cn1c(C)cc2ccccc2c1=O. The van der Waals surface area contributed by atoms with Gasteiger partial charge < -0.3 is 9.88 Å². The van der Waals surface area contributed by atoms with Gasteiger partial charge in [-0.25, -0.2) is 0 Å². The predicted octanol–water partition coefficient (Wildman–Crippen LogP) is 1.91. The van der Waals surface area contributed by atoms with Gasteiger partial charge in [-0.3, -0.25) is 14.5 Å². The monoisotopic (exact) mass is 327 g/mol. The number of nitrogens with one attached hydrogen (secondary N) is 1. The summed E-state index contributed by atoms with van der Waals surface area (Å²) < 4.78 is 1.56. The Morgan fingerprint density at radius 3 is 2.92 bits per heavy atom. The summed E-state index contributed by atoms with van der Waals surface area (Å²) in [4.78, 5) is 27.3. The van der Waals surface area contributed by atoms with Crippen molar-refractivity contribution in [2.75, 3.05) is 19.6 Å². The summed E-state index contributed by atoms with van der Waals surface area (Å²) in [5, 5.41) is 4.57. The number of benzene rings is 1. The van der Waals surface area contributed by atoms with Crippen LogP contribution in [0.4, 0.5) is 0 Å². The fourth-order valence-corrected chi connectivity index (χ4v) is 3.60. The third-order valence-corrected chi connectivity index (χ3v) is 4.97. The van der Waals surface area contributed by atoms with Crippen LogP contribution in [0.5, 0.6) is 0 Å². The molecule has 3 rings (SSSR count). The number of aryl methyl sites for hydroxylation is 1. The minimum atomic E-state index is -0.100. The molecule has 1 fully saturated rings. The van der Waals surface area contributed by atoms with Gasteiger partial charge in [-0.15, -0.1) is 0 Å². The number of likely N-dealkylation sites (tertiary alicyclic amines) is 1. The lowest BCUT2D eigenvalue weighted by Crippen LogP contribution is -2.42. The molecule has 24 heavy (non-hydrogen) atoms. The second kappa shape index (κ2) is 7.18. The molecule has 2 heterocycles. The molecular formula is C19H25N3O2. The molecule has 1 aliphatic heterocycles. The molecule has 1 saturated heterocycles. The van der Waals surface area contributed by atoms with E-state index in [1.165, 1.54) is 6.42 Å². The molecule has 128 valence electrons. The molecule has 0 bridgehead atoms. The number of amides is 1. The van der Waals surface area contributed by atoms with E-state index in [1.807, 2.05) is 37.3 Å². The number of rotatable bonds is 5. The highest BCUT2D eigenvalue weighted by atomic mass is 16.2. The van der Waals surface area contributed by atoms with Crippen LogP contribution in [0.25, 0.3) is 10.8 Å². The summed E-state index contributed by atoms with van der Waals surface area (Å²) in [7, 11) is 0. The molecule has 1 aliphatic rings. The van der Waals surface area contributed by atoms with Crippen LogP contribution in [-0.2, 0) is 11.3 Å². The van der Waals surface area contributed by atoms with Gasteiger partial charge in [-0.05, 0) is 50.4 Å². The van der Waals surface area contributed by atoms with Gasteiger partial charge in [0.2, 0.25) is 5.91 Å². The van der Waals surface area contributed by atoms with Crippen molar-refractivity contribution in [2.45, 2.75) is 39.3 Å². The maximum atomic E-state index is 12.6. The van der Waals surface area contributed by atoms with E-state index in [0.29, 0.717) is 18.0 Å². The smallest absolute Gasteiger partial charge is 0.259 e. The maximum absolute atomic E-state index is 12.6. The van der Waals surface area contributed by atoms with Crippen molar-refractivity contribution in [3.8, 4) is 0 Å². The summed E-state index contributed by atoms with van der Waals surface area (Å²) in [6.45, 7) is 6.89. The molecule has 0 aliphatic carbocycles. The van der Waals surface area contributed by atoms with E-state index in [4.69, 9.17) is 0 Å². The Labute approximate surface area is 142 Å². The molecule has 5 heteroatoms. The third-order valence-electron chi connectivity index (χ3n) is 4.97. The van der Waals surface area contributed by atoms with Crippen LogP contribution < -0.4 is 10.9 Å². The third kappa shape index (κ3) is 3.36. The highest BCUT2D eigenvalue weighted by molar-refractivity contribution is 5.82. The Hall–Kier alpha value is -2.14. The highest BCUT2D eigenvalue weighted by Gasteiger charge is 2.23. The van der Waals surface area contributed by atoms with Crippen LogP contribution in [-0.4, -0.2) is 41.1 Å². The van der Waals surface area contributed by atoms with E-state index in [9.17, 15) is 9.59 Å². The minimum absolute atomic E-state index is 0.0777. The van der Waals surface area contributed by atoms with Gasteiger partial charge in [0.1, 0.15) is 6.54 Å². The molecule has 0 saturated carbocycles. The zero-order valence-electron chi connectivity index (χ0n) is 14.4. The first-order valence-corrected chi connectivity index (χ1v) is 8.70. The lowest BCUT2D eigenvalue weighted by molar-refractivity contribution is -0.121. The van der Waals surface area contributed by atoms with E-state index in [0.717, 1.165) is 30.6 Å². The Kier molecular flexibility index (Phi) is 5.00. The van der Waals surface area contributed by atoms with Crippen LogP contribution in [0, 0.1) is 6.92 Å². The normalized spacial score (nSPS) is 18.2. The number of fused-ring (bicyclic) bond motifs is 1. The van der Waals surface area contributed by atoms with Crippen molar-refractivity contribution in [2.24, 2.45) is 0 Å². The fraction of sp³-hybridized carbons (Fsp3) is 0.474. The largest absolute Gasteiger partial charge is 0.353 e. The molecule has 1 amide bonds. The van der Waals surface area contributed by atoms with Gasteiger partial charge >= 0.3 is 0 Å². The number of aromatic nitrogens is 1. The lowest BCUT2D eigenvalue weighted by atomic mass is 10.1. The first-order chi connectivity index (χ1) is 11.6. The molecule has 1 atom stereocenters. The van der Waals surface area contributed by atoms with Crippen molar-refractivity contribution in [3.05, 3.63) is 46.4 Å². The number of likely N-dealkylation sites (N-methyl/N-ethyl adjacent to an activating group) is 1. The number of pyridine rings is 1. The summed E-state index contributed by atoms with van der Waals surface area (Å²) in [5.74, 6) is -0.0987. The fourth-order valence-electron chi connectivity index (χ4n) is 3.60. The number of hydrogen-bond donors (Lipinski definition) is 1. The second-order valence-corrected chi connectivity index (χ2v) is 6.49. The Morgan fingerprint density at radius 1 is 1.33 bits per heavy atom. The average molecular weight is 327 g/mol. The molecular weight excluding hydrogens is 302 g/mol. The maximum Gasteiger partial charge on any atom is 0.259 e. The molecule has 1 N–H and O–H groups in total. The van der Waals surface area contributed by atoms with Crippen LogP contribution in [0.3, 0.4) is 0 Å². The Morgan fingerprint density at radius 2 is 2.12 bits per heavy atom. The zero-order chi connectivity index (χ0) is 17.1. The minimum Gasteiger partial charge on any atom is -0.353 e. The van der Waals surface area contributed by atoms with Crippen molar-refractivity contribution in [1.29, 1.82) is 0 Å². The van der Waals surface area contributed by atoms with Gasteiger partial charge in [0.15, 0.2) is 0 Å². The summed E-state index contributed by atoms with van der Waals surface area (Å²) >= 11 is 0. The quantitative estimate of drug-likeness (QED) is 0.913. The van der Waals surface area contributed by atoms with Crippen molar-refractivity contribution >= 4 is 16.7 Å². The number of carbonyl (C=O) groups is 1. The van der Waals surface area contributed by atoms with E-state index in [2.05, 4.69) is 17.1 Å². The molecule has 1 aromatic heterocycles. The number of carbonyl (C=O) groups excluding carboxylic acids is 1. The molecule has 5 nitrogen and oxygen atoms in total. The van der Waals surface area contributed by atoms with Crippen molar-refractivity contribution in [1.82, 2.24) is 14.8 Å². The van der Waals surface area contributed by atoms with Gasteiger partial charge in [0, 0.05) is 23.7 Å². The molecule has 0 radical (unpaired) electrons. The number of hydrogen-bond acceptors (Lipinski definition) is 3. The summed E-state index contributed by atoms with van der Waals surface area (Å²) in [6.07, 6.45) is 2.32. The number of nitrogens with zero attached hydrogens (tertiary/aromatic N) is 2. The highest BCUT2D eigenvalue weighted by Crippen LogP contribution is 2.15. The van der Waals surface area contributed by atoms with Gasteiger partial charge in [-0.2, -0.15) is 0 Å². The first-order valence-electron chi connectivity index (χ1n) is 8.70. The van der Waals surface area contributed by atoms with Gasteiger partial charge in [0.25, 0.3) is 5.56 Å². The van der Waals surface area contributed by atoms with Crippen LogP contribution in [0.2, 0.25) is 0 Å². The van der Waals surface area contributed by atoms with Crippen LogP contribution in [0.1, 0.15) is 25.5 Å². The van der Waals surface area contributed by atoms with Crippen molar-refractivity contribution < 1.29 is 4.79 Å². The Bertz CT molecular complexity index is 797. The average Bonchev–Trinajstić information content (AvgIpc) is 3.04. The summed E-state index contributed by atoms with van der Waals surface area (Å²) in [6, 6.07) is 9.88. The van der Waals surface area contributed by atoms with Crippen molar-refractivity contribution in [3.63, 3.8) is 0 Å². The zero-order valence-corrected chi connectivity index (χ0v) is 14.4. The molecule has 1 aromatic carbocycles. The lowest BCUT2D eigenvalue weighted by Gasteiger charge is -2.23. The van der Waals surface area contributed by atoms with E-state index >= 15 is 0 Å². The van der Waals surface area contributed by atoms with E-state index in [1.54, 1.807) is 4.57 Å². The molecule has 2 aromatic rings. The molecule has 1 unspecified atom stereocenters. The van der Waals surface area contributed by atoms with Crippen LogP contribution in [0.15, 0.2) is 35.1 Å². The summed E-state index contributed by atoms with van der Waals surface area (Å²) in [5.41, 5.74) is 0.710. The first kappa shape index (κ1) is 16.7. The Balaban J connectivity index is 1.70. The molecule has 0 spiro atoms. The van der Waals surface area contributed by atoms with Crippen LogP contribution >= 0.6 is 0 Å². The van der Waals surface area contributed by atoms with E-state index < -0.39 is 0 Å². The predicted molar refractivity (Wildman–Crippen MR) is 96.2 cm³/mol.